The Labute approximate surface area is 156 Å². The van der Waals surface area contributed by atoms with Crippen LogP contribution >= 0.6 is 0 Å². The summed E-state index contributed by atoms with van der Waals surface area (Å²) < 4.78 is 1.92. The molecule has 26 heavy (non-hydrogen) atoms. The van der Waals surface area contributed by atoms with Crippen LogP contribution in [0.1, 0.15) is 29.8 Å². The highest BCUT2D eigenvalue weighted by Crippen LogP contribution is 2.25. The molecule has 0 bridgehead atoms. The number of rotatable bonds is 7. The van der Waals surface area contributed by atoms with Crippen molar-refractivity contribution in [2.24, 2.45) is 7.05 Å². The Balaban J connectivity index is 1.75. The Morgan fingerprint density at radius 2 is 1.77 bits per heavy atom. The minimum absolute atomic E-state index is 0.248. The molecule has 1 atom stereocenters. The molecule has 0 spiro atoms. The minimum Gasteiger partial charge on any atom is -0.305 e. The van der Waals surface area contributed by atoms with Crippen LogP contribution in [0, 0.1) is 0 Å². The van der Waals surface area contributed by atoms with Crippen molar-refractivity contribution in [2.45, 2.75) is 26.1 Å². The lowest BCUT2D eigenvalue weighted by molar-refractivity contribution is 0.402. The predicted octanol–water partition coefficient (Wildman–Crippen LogP) is 4.00. The van der Waals surface area contributed by atoms with Crippen LogP contribution in [0.15, 0.2) is 60.8 Å². The summed E-state index contributed by atoms with van der Waals surface area (Å²) in [6.45, 7) is 3.96. The fourth-order valence-electron chi connectivity index (χ4n) is 3.29. The molecule has 0 fully saturated rings. The molecule has 0 saturated heterocycles. The van der Waals surface area contributed by atoms with Crippen molar-refractivity contribution in [1.82, 2.24) is 20.0 Å². The summed E-state index contributed by atoms with van der Waals surface area (Å²) in [5, 5.41) is 7.88. The summed E-state index contributed by atoms with van der Waals surface area (Å²) in [7, 11) is 6.17. The molecular weight excluding hydrogens is 320 g/mol. The van der Waals surface area contributed by atoms with Gasteiger partial charge in [-0.1, -0.05) is 48.5 Å². The van der Waals surface area contributed by atoms with Gasteiger partial charge in [-0.05, 0) is 49.3 Å². The number of hydrogen-bond acceptors (Lipinski definition) is 3. The minimum atomic E-state index is 0.248. The Morgan fingerprint density at radius 3 is 2.42 bits per heavy atom. The van der Waals surface area contributed by atoms with E-state index in [0.717, 1.165) is 13.1 Å². The molecule has 1 unspecified atom stereocenters. The van der Waals surface area contributed by atoms with Crippen LogP contribution < -0.4 is 5.32 Å². The molecule has 0 aliphatic rings. The standard InChI is InChI=1S/C22H28N4/c1-17(22-13-14-24-26(22)4)23-15-20-7-5-6-8-21(20)19-11-9-18(10-12-19)16-25(2)3/h5-14,17,23H,15-16H2,1-4H3. The summed E-state index contributed by atoms with van der Waals surface area (Å²) in [6.07, 6.45) is 1.84. The lowest BCUT2D eigenvalue weighted by Gasteiger charge is -2.17. The van der Waals surface area contributed by atoms with Crippen molar-refractivity contribution in [3.63, 3.8) is 0 Å². The van der Waals surface area contributed by atoms with Crippen molar-refractivity contribution < 1.29 is 0 Å². The van der Waals surface area contributed by atoms with E-state index in [-0.39, 0.29) is 6.04 Å². The molecule has 3 aromatic rings. The fourth-order valence-corrected chi connectivity index (χ4v) is 3.29. The predicted molar refractivity (Wildman–Crippen MR) is 108 cm³/mol. The summed E-state index contributed by atoms with van der Waals surface area (Å²) in [6, 6.07) is 19.8. The van der Waals surface area contributed by atoms with E-state index in [4.69, 9.17) is 0 Å². The molecule has 4 nitrogen and oxygen atoms in total. The third-order valence-corrected chi connectivity index (χ3v) is 4.68. The van der Waals surface area contributed by atoms with Gasteiger partial charge in [0, 0.05) is 32.4 Å². The largest absolute Gasteiger partial charge is 0.305 e. The Hall–Kier alpha value is -2.43. The highest BCUT2D eigenvalue weighted by atomic mass is 15.3. The van der Waals surface area contributed by atoms with Crippen molar-refractivity contribution in [3.05, 3.63) is 77.6 Å². The molecule has 3 rings (SSSR count). The normalized spacial score (nSPS) is 12.5. The van der Waals surface area contributed by atoms with Gasteiger partial charge in [0.1, 0.15) is 0 Å². The monoisotopic (exact) mass is 348 g/mol. The van der Waals surface area contributed by atoms with Gasteiger partial charge in [-0.25, -0.2) is 0 Å². The molecule has 0 amide bonds. The maximum absolute atomic E-state index is 4.26. The third-order valence-electron chi connectivity index (χ3n) is 4.68. The van der Waals surface area contributed by atoms with Gasteiger partial charge in [-0.3, -0.25) is 4.68 Å². The van der Waals surface area contributed by atoms with Crippen molar-refractivity contribution in [2.75, 3.05) is 14.1 Å². The molecule has 0 radical (unpaired) electrons. The fraction of sp³-hybridized carbons (Fsp3) is 0.318. The first kappa shape index (κ1) is 18.4. The molecule has 4 heteroatoms. The van der Waals surface area contributed by atoms with E-state index in [9.17, 15) is 0 Å². The maximum Gasteiger partial charge on any atom is 0.0547 e. The molecular formula is C22H28N4. The SMILES string of the molecule is CC(NCc1ccccc1-c1ccc(CN(C)C)cc1)c1ccnn1C. The molecule has 1 aromatic heterocycles. The molecule has 2 aromatic carbocycles. The van der Waals surface area contributed by atoms with Crippen LogP contribution in [-0.2, 0) is 20.1 Å². The van der Waals surface area contributed by atoms with Crippen LogP contribution in [0.25, 0.3) is 11.1 Å². The van der Waals surface area contributed by atoms with Crippen LogP contribution in [0.5, 0.6) is 0 Å². The van der Waals surface area contributed by atoms with E-state index in [1.807, 2.05) is 17.9 Å². The molecule has 0 aliphatic heterocycles. The average molecular weight is 348 g/mol. The number of nitrogens with one attached hydrogen (secondary N) is 1. The van der Waals surface area contributed by atoms with Gasteiger partial charge in [-0.2, -0.15) is 5.10 Å². The van der Waals surface area contributed by atoms with Crippen molar-refractivity contribution in [1.29, 1.82) is 0 Å². The number of aryl methyl sites for hydroxylation is 1. The van der Waals surface area contributed by atoms with E-state index < -0.39 is 0 Å². The summed E-state index contributed by atoms with van der Waals surface area (Å²) in [5.41, 5.74) is 6.38. The first-order valence-electron chi connectivity index (χ1n) is 9.08. The van der Waals surface area contributed by atoms with E-state index in [2.05, 4.69) is 90.9 Å². The van der Waals surface area contributed by atoms with Gasteiger partial charge in [0.05, 0.1) is 5.69 Å². The first-order valence-corrected chi connectivity index (χ1v) is 9.08. The summed E-state index contributed by atoms with van der Waals surface area (Å²) in [5.74, 6) is 0. The van der Waals surface area contributed by atoms with E-state index >= 15 is 0 Å². The smallest absolute Gasteiger partial charge is 0.0547 e. The Kier molecular flexibility index (Phi) is 5.86. The van der Waals surface area contributed by atoms with Crippen LogP contribution in [0.4, 0.5) is 0 Å². The zero-order valence-corrected chi connectivity index (χ0v) is 16.1. The average Bonchev–Trinajstić information content (AvgIpc) is 3.06. The summed E-state index contributed by atoms with van der Waals surface area (Å²) in [4.78, 5) is 2.19. The quantitative estimate of drug-likeness (QED) is 0.700. The second-order valence-corrected chi connectivity index (χ2v) is 7.07. The second-order valence-electron chi connectivity index (χ2n) is 7.07. The number of aromatic nitrogens is 2. The molecule has 1 N–H and O–H groups in total. The van der Waals surface area contributed by atoms with Gasteiger partial charge in [0.15, 0.2) is 0 Å². The molecule has 0 saturated carbocycles. The number of nitrogens with zero attached hydrogens (tertiary/aromatic N) is 3. The lowest BCUT2D eigenvalue weighted by atomic mass is 9.98. The lowest BCUT2D eigenvalue weighted by Crippen LogP contribution is -2.20. The zero-order valence-electron chi connectivity index (χ0n) is 16.1. The van der Waals surface area contributed by atoms with E-state index in [1.165, 1.54) is 27.9 Å². The van der Waals surface area contributed by atoms with Crippen molar-refractivity contribution in [3.8, 4) is 11.1 Å². The molecule has 0 aliphatic carbocycles. The number of hydrogen-bond donors (Lipinski definition) is 1. The molecule has 136 valence electrons. The van der Waals surface area contributed by atoms with Crippen LogP contribution in [-0.4, -0.2) is 28.8 Å². The Morgan fingerprint density at radius 1 is 1.04 bits per heavy atom. The van der Waals surface area contributed by atoms with Crippen LogP contribution in [0.3, 0.4) is 0 Å². The van der Waals surface area contributed by atoms with Gasteiger partial charge < -0.3 is 10.2 Å². The van der Waals surface area contributed by atoms with Gasteiger partial charge in [0.2, 0.25) is 0 Å². The topological polar surface area (TPSA) is 33.1 Å². The highest BCUT2D eigenvalue weighted by Gasteiger charge is 2.10. The second kappa shape index (κ2) is 8.30. The summed E-state index contributed by atoms with van der Waals surface area (Å²) >= 11 is 0. The third kappa shape index (κ3) is 4.40. The Bertz CT molecular complexity index is 833. The van der Waals surface area contributed by atoms with Crippen LogP contribution in [0.2, 0.25) is 0 Å². The molecule has 1 heterocycles. The van der Waals surface area contributed by atoms with E-state index in [0.29, 0.717) is 0 Å². The van der Waals surface area contributed by atoms with Gasteiger partial charge in [-0.15, -0.1) is 0 Å². The first-order chi connectivity index (χ1) is 12.5. The number of benzene rings is 2. The highest BCUT2D eigenvalue weighted by molar-refractivity contribution is 5.67. The maximum atomic E-state index is 4.26. The zero-order chi connectivity index (χ0) is 18.5. The van der Waals surface area contributed by atoms with Gasteiger partial charge in [0.25, 0.3) is 0 Å². The van der Waals surface area contributed by atoms with Crippen molar-refractivity contribution >= 4 is 0 Å². The van der Waals surface area contributed by atoms with Gasteiger partial charge >= 0.3 is 0 Å². The van der Waals surface area contributed by atoms with E-state index in [1.54, 1.807) is 0 Å².